The number of halogens is 1. The Morgan fingerprint density at radius 2 is 2.26 bits per heavy atom. The average Bonchev–Trinajstić information content (AvgIpc) is 3.32. The van der Waals surface area contributed by atoms with Gasteiger partial charge in [0.2, 0.25) is 0 Å². The highest BCUT2D eigenvalue weighted by molar-refractivity contribution is 6.30. The molecule has 6 nitrogen and oxygen atoms in total. The van der Waals surface area contributed by atoms with Crippen LogP contribution in [0, 0.1) is 0 Å². The van der Waals surface area contributed by atoms with Crippen molar-refractivity contribution < 1.29 is 9.52 Å². The summed E-state index contributed by atoms with van der Waals surface area (Å²) in [5, 5.41) is 18.1. The van der Waals surface area contributed by atoms with E-state index < -0.39 is 5.60 Å². The number of rotatable bonds is 6. The zero-order valence-electron chi connectivity index (χ0n) is 15.8. The van der Waals surface area contributed by atoms with Crippen LogP contribution in [0.4, 0.5) is 5.69 Å². The second-order valence-corrected chi connectivity index (χ2v) is 7.44. The maximum atomic E-state index is 10.6. The molecule has 0 radical (unpaired) electrons. The zero-order valence-corrected chi connectivity index (χ0v) is 16.5. The van der Waals surface area contributed by atoms with Crippen LogP contribution in [0.2, 0.25) is 5.02 Å². The predicted octanol–water partition coefficient (Wildman–Crippen LogP) is 2.97. The number of furan rings is 1. The molecule has 0 amide bonds. The third kappa shape index (κ3) is 5.17. The third-order valence-electron chi connectivity index (χ3n) is 4.64. The number of hydrogen-bond donors (Lipinski definition) is 3. The Bertz CT molecular complexity index is 761. The number of hydrogen-bond acceptors (Lipinski definition) is 4. The summed E-state index contributed by atoms with van der Waals surface area (Å²) in [6, 6.07) is 11.7. The molecule has 1 aromatic carbocycles. The number of anilines is 1. The van der Waals surface area contributed by atoms with Gasteiger partial charge in [-0.05, 0) is 50.6 Å². The molecule has 7 heteroatoms. The summed E-state index contributed by atoms with van der Waals surface area (Å²) < 4.78 is 5.32. The summed E-state index contributed by atoms with van der Waals surface area (Å²) in [4.78, 5) is 6.87. The van der Waals surface area contributed by atoms with Gasteiger partial charge in [-0.15, -0.1) is 0 Å². The van der Waals surface area contributed by atoms with E-state index in [0.717, 1.165) is 36.8 Å². The first-order valence-electron chi connectivity index (χ1n) is 9.29. The monoisotopic (exact) mass is 390 g/mol. The fraction of sp³-hybridized carbons (Fsp3) is 0.450. The van der Waals surface area contributed by atoms with E-state index >= 15 is 0 Å². The maximum Gasteiger partial charge on any atom is 0.191 e. The van der Waals surface area contributed by atoms with Gasteiger partial charge in [-0.25, -0.2) is 4.99 Å². The van der Waals surface area contributed by atoms with E-state index in [0.29, 0.717) is 11.7 Å². The van der Waals surface area contributed by atoms with Crippen LogP contribution in [0.1, 0.15) is 26.0 Å². The molecular formula is C20H27ClN4O2. The van der Waals surface area contributed by atoms with Gasteiger partial charge in [0.15, 0.2) is 5.96 Å². The van der Waals surface area contributed by atoms with Crippen molar-refractivity contribution in [1.82, 2.24) is 10.6 Å². The first kappa shape index (κ1) is 19.6. The van der Waals surface area contributed by atoms with Crippen LogP contribution in [-0.2, 0) is 5.60 Å². The smallest absolute Gasteiger partial charge is 0.191 e. The van der Waals surface area contributed by atoms with Crippen LogP contribution in [0.3, 0.4) is 0 Å². The second-order valence-electron chi connectivity index (χ2n) is 7.00. The molecule has 1 aliphatic rings. The van der Waals surface area contributed by atoms with Gasteiger partial charge in [0.05, 0.1) is 12.8 Å². The molecule has 2 atom stereocenters. The van der Waals surface area contributed by atoms with E-state index in [-0.39, 0.29) is 12.6 Å². The standard InChI is InChI=1S/C20H27ClN4O2/c1-3-22-19(23-14-20(2,26)18-8-5-11-27-18)24-16-9-10-25(13-16)17-7-4-6-15(21)12-17/h4-8,11-12,16,26H,3,9-10,13-14H2,1-2H3,(H2,22,23,24). The zero-order chi connectivity index (χ0) is 19.3. The van der Waals surface area contributed by atoms with Crippen molar-refractivity contribution in [2.45, 2.75) is 31.9 Å². The third-order valence-corrected chi connectivity index (χ3v) is 4.88. The van der Waals surface area contributed by atoms with Crippen LogP contribution < -0.4 is 15.5 Å². The molecule has 3 N–H and O–H groups in total. The fourth-order valence-corrected chi connectivity index (χ4v) is 3.38. The normalized spacial score (nSPS) is 19.8. The summed E-state index contributed by atoms with van der Waals surface area (Å²) >= 11 is 6.11. The Kier molecular flexibility index (Phi) is 6.29. The van der Waals surface area contributed by atoms with Gasteiger partial charge in [-0.3, -0.25) is 0 Å². The lowest BCUT2D eigenvalue weighted by Crippen LogP contribution is -2.45. The van der Waals surface area contributed by atoms with Gasteiger partial charge in [0.1, 0.15) is 11.4 Å². The Labute approximate surface area is 165 Å². The Morgan fingerprint density at radius 1 is 1.41 bits per heavy atom. The van der Waals surface area contributed by atoms with E-state index in [1.807, 2.05) is 25.1 Å². The highest BCUT2D eigenvalue weighted by atomic mass is 35.5. The van der Waals surface area contributed by atoms with E-state index in [4.69, 9.17) is 16.0 Å². The minimum absolute atomic E-state index is 0.209. The van der Waals surface area contributed by atoms with Gasteiger partial charge in [0.25, 0.3) is 0 Å². The number of aliphatic hydroxyl groups is 1. The molecule has 2 aromatic rings. The van der Waals surface area contributed by atoms with Crippen molar-refractivity contribution in [2.24, 2.45) is 4.99 Å². The highest BCUT2D eigenvalue weighted by Gasteiger charge is 2.27. The van der Waals surface area contributed by atoms with Gasteiger partial charge in [-0.1, -0.05) is 17.7 Å². The van der Waals surface area contributed by atoms with Crippen LogP contribution >= 0.6 is 11.6 Å². The van der Waals surface area contributed by atoms with Gasteiger partial charge >= 0.3 is 0 Å². The van der Waals surface area contributed by atoms with Gasteiger partial charge in [0, 0.05) is 36.4 Å². The Morgan fingerprint density at radius 3 is 2.96 bits per heavy atom. The van der Waals surface area contributed by atoms with Crippen molar-refractivity contribution in [3.05, 3.63) is 53.4 Å². The highest BCUT2D eigenvalue weighted by Crippen LogP contribution is 2.24. The second kappa shape index (κ2) is 8.67. The summed E-state index contributed by atoms with van der Waals surface area (Å²) in [5.74, 6) is 1.21. The van der Waals surface area contributed by atoms with Crippen LogP contribution in [-0.4, -0.2) is 43.3 Å². The minimum Gasteiger partial charge on any atom is -0.466 e. The summed E-state index contributed by atoms with van der Waals surface area (Å²) in [6.45, 7) is 6.52. The SMILES string of the molecule is CCNC(=NCC(C)(O)c1ccco1)NC1CCN(c2cccc(Cl)c2)C1. The Hall–Kier alpha value is -2.18. The van der Waals surface area contributed by atoms with Gasteiger partial charge < -0.3 is 25.1 Å². The number of guanidine groups is 1. The number of aliphatic imine (C=N–C) groups is 1. The molecular weight excluding hydrogens is 364 g/mol. The molecule has 146 valence electrons. The first-order chi connectivity index (χ1) is 13.0. The largest absolute Gasteiger partial charge is 0.466 e. The van der Waals surface area contributed by atoms with Crippen molar-refractivity contribution in [3.8, 4) is 0 Å². The van der Waals surface area contributed by atoms with Gasteiger partial charge in [-0.2, -0.15) is 0 Å². The predicted molar refractivity (Wildman–Crippen MR) is 109 cm³/mol. The minimum atomic E-state index is -1.14. The molecule has 0 saturated carbocycles. The molecule has 0 spiro atoms. The van der Waals surface area contributed by atoms with E-state index in [1.165, 1.54) is 0 Å². The van der Waals surface area contributed by atoms with Crippen molar-refractivity contribution in [3.63, 3.8) is 0 Å². The average molecular weight is 391 g/mol. The van der Waals surface area contributed by atoms with Crippen LogP contribution in [0.25, 0.3) is 0 Å². The van der Waals surface area contributed by atoms with E-state index in [1.54, 1.807) is 25.3 Å². The lowest BCUT2D eigenvalue weighted by Gasteiger charge is -2.22. The molecule has 2 unspecified atom stereocenters. The van der Waals surface area contributed by atoms with Crippen molar-refractivity contribution in [2.75, 3.05) is 31.1 Å². The van der Waals surface area contributed by atoms with Crippen LogP contribution in [0.15, 0.2) is 52.1 Å². The quantitative estimate of drug-likeness (QED) is 0.522. The lowest BCUT2D eigenvalue weighted by molar-refractivity contribution is 0.0437. The summed E-state index contributed by atoms with van der Waals surface area (Å²) in [5.41, 5.74) is -0.0107. The first-order valence-corrected chi connectivity index (χ1v) is 9.67. The summed E-state index contributed by atoms with van der Waals surface area (Å²) in [7, 11) is 0. The topological polar surface area (TPSA) is 73.0 Å². The molecule has 1 saturated heterocycles. The fourth-order valence-electron chi connectivity index (χ4n) is 3.19. The molecule has 27 heavy (non-hydrogen) atoms. The molecule has 1 aliphatic heterocycles. The summed E-state index contributed by atoms with van der Waals surface area (Å²) in [6.07, 6.45) is 2.56. The number of nitrogens with zero attached hydrogens (tertiary/aromatic N) is 2. The van der Waals surface area contributed by atoms with Crippen molar-refractivity contribution >= 4 is 23.2 Å². The number of benzene rings is 1. The molecule has 2 heterocycles. The maximum absolute atomic E-state index is 10.6. The van der Waals surface area contributed by atoms with E-state index in [2.05, 4.69) is 26.6 Å². The molecule has 0 aliphatic carbocycles. The number of nitrogens with one attached hydrogen (secondary N) is 2. The lowest BCUT2D eigenvalue weighted by atomic mass is 10.0. The van der Waals surface area contributed by atoms with E-state index in [9.17, 15) is 5.11 Å². The molecule has 1 aromatic heterocycles. The molecule has 3 rings (SSSR count). The molecule has 1 fully saturated rings. The molecule has 0 bridgehead atoms. The van der Waals surface area contributed by atoms with Crippen molar-refractivity contribution in [1.29, 1.82) is 0 Å². The van der Waals surface area contributed by atoms with Crippen LogP contribution in [0.5, 0.6) is 0 Å². The Balaban J connectivity index is 1.61.